The second-order valence-corrected chi connectivity index (χ2v) is 6.88. The molecule has 3 atom stereocenters. The van der Waals surface area contributed by atoms with Gasteiger partial charge in [-0.2, -0.15) is 0 Å². The lowest BCUT2D eigenvalue weighted by Gasteiger charge is -2.35. The Kier molecular flexibility index (Phi) is 4.84. The fraction of sp³-hybridized carbons (Fsp3) is 0.684. The van der Waals surface area contributed by atoms with E-state index in [2.05, 4.69) is 37.4 Å². The predicted octanol–water partition coefficient (Wildman–Crippen LogP) is 4.11. The molecule has 0 bridgehead atoms. The van der Waals surface area contributed by atoms with Gasteiger partial charge in [-0.15, -0.1) is 0 Å². The van der Waals surface area contributed by atoms with Crippen LogP contribution >= 0.6 is 0 Å². The third-order valence-corrected chi connectivity index (χ3v) is 5.13. The smallest absolute Gasteiger partial charge is 0.120 e. The molecule has 0 aliphatic heterocycles. The third-order valence-electron chi connectivity index (χ3n) is 5.13. The van der Waals surface area contributed by atoms with E-state index in [0.29, 0.717) is 12.1 Å². The quantitative estimate of drug-likeness (QED) is 0.900. The molecule has 0 saturated heterocycles. The highest BCUT2D eigenvalue weighted by Gasteiger charge is 2.29. The Hall–Kier alpha value is -1.02. The van der Waals surface area contributed by atoms with Crippen molar-refractivity contribution in [2.24, 2.45) is 5.92 Å². The maximum atomic E-state index is 6.39. The van der Waals surface area contributed by atoms with Crippen molar-refractivity contribution < 1.29 is 4.74 Å². The molecule has 2 aliphatic carbocycles. The molecule has 116 valence electrons. The van der Waals surface area contributed by atoms with Crippen molar-refractivity contribution in [2.45, 2.75) is 70.9 Å². The zero-order valence-corrected chi connectivity index (χ0v) is 13.5. The molecule has 0 radical (unpaired) electrons. The Morgan fingerprint density at radius 3 is 2.76 bits per heavy atom. The van der Waals surface area contributed by atoms with E-state index in [0.717, 1.165) is 18.2 Å². The summed E-state index contributed by atoms with van der Waals surface area (Å²) in [6, 6.07) is 7.30. The highest BCUT2D eigenvalue weighted by Crippen LogP contribution is 2.30. The second kappa shape index (κ2) is 6.83. The van der Waals surface area contributed by atoms with Gasteiger partial charge in [0.15, 0.2) is 0 Å². The van der Waals surface area contributed by atoms with Crippen LogP contribution in [0.15, 0.2) is 18.2 Å². The molecule has 1 aromatic rings. The van der Waals surface area contributed by atoms with Crippen LogP contribution in [0.4, 0.5) is 0 Å². The first kappa shape index (κ1) is 14.9. The van der Waals surface area contributed by atoms with Gasteiger partial charge in [0.2, 0.25) is 0 Å². The van der Waals surface area contributed by atoms with Crippen LogP contribution < -0.4 is 10.1 Å². The molecule has 1 saturated carbocycles. The van der Waals surface area contributed by atoms with E-state index in [1.54, 1.807) is 0 Å². The van der Waals surface area contributed by atoms with Crippen molar-refractivity contribution in [3.05, 3.63) is 29.3 Å². The highest BCUT2D eigenvalue weighted by molar-refractivity contribution is 5.37. The summed E-state index contributed by atoms with van der Waals surface area (Å²) in [6.07, 6.45) is 9.21. The second-order valence-electron chi connectivity index (χ2n) is 6.88. The summed E-state index contributed by atoms with van der Waals surface area (Å²) >= 11 is 0. The van der Waals surface area contributed by atoms with E-state index in [1.165, 1.54) is 56.1 Å². The summed E-state index contributed by atoms with van der Waals surface area (Å²) in [5.41, 5.74) is 3.05. The summed E-state index contributed by atoms with van der Waals surface area (Å²) in [5, 5.41) is 3.61. The van der Waals surface area contributed by atoms with Crippen molar-refractivity contribution in [1.82, 2.24) is 5.32 Å². The van der Waals surface area contributed by atoms with E-state index in [4.69, 9.17) is 4.74 Å². The van der Waals surface area contributed by atoms with E-state index >= 15 is 0 Å². The Balaban J connectivity index is 1.71. The van der Waals surface area contributed by atoms with Gasteiger partial charge in [-0.3, -0.25) is 0 Å². The number of ether oxygens (including phenoxy) is 1. The molecule has 0 aromatic heterocycles. The number of aryl methyl sites for hydroxylation is 2. The molecular weight excluding hydrogens is 258 g/mol. The minimum Gasteiger partial charge on any atom is -0.489 e. The van der Waals surface area contributed by atoms with Gasteiger partial charge in [-0.25, -0.2) is 0 Å². The lowest BCUT2D eigenvalue weighted by molar-refractivity contribution is 0.0915. The van der Waals surface area contributed by atoms with Gasteiger partial charge in [0.05, 0.1) is 0 Å². The molecule has 2 aliphatic rings. The highest BCUT2D eigenvalue weighted by atomic mass is 16.5. The molecule has 21 heavy (non-hydrogen) atoms. The van der Waals surface area contributed by atoms with Gasteiger partial charge in [-0.1, -0.05) is 19.9 Å². The van der Waals surface area contributed by atoms with Gasteiger partial charge in [-0.05, 0) is 80.7 Å². The lowest BCUT2D eigenvalue weighted by Crippen LogP contribution is -2.46. The Bertz CT molecular complexity index is 471. The van der Waals surface area contributed by atoms with Crippen molar-refractivity contribution in [3.8, 4) is 5.75 Å². The van der Waals surface area contributed by atoms with Crippen LogP contribution in [0, 0.1) is 5.92 Å². The average molecular weight is 287 g/mol. The topological polar surface area (TPSA) is 21.3 Å². The summed E-state index contributed by atoms with van der Waals surface area (Å²) in [6.45, 7) is 5.57. The monoisotopic (exact) mass is 287 g/mol. The summed E-state index contributed by atoms with van der Waals surface area (Å²) in [4.78, 5) is 0. The third kappa shape index (κ3) is 3.60. The predicted molar refractivity (Wildman–Crippen MR) is 88.0 cm³/mol. The normalized spacial score (nSPS) is 29.0. The van der Waals surface area contributed by atoms with Crippen LogP contribution in [-0.4, -0.2) is 18.7 Å². The Labute approximate surface area is 129 Å². The molecule has 3 rings (SSSR count). The van der Waals surface area contributed by atoms with Crippen molar-refractivity contribution in [2.75, 3.05) is 6.54 Å². The van der Waals surface area contributed by atoms with Crippen molar-refractivity contribution in [3.63, 3.8) is 0 Å². The number of hydrogen-bond acceptors (Lipinski definition) is 2. The zero-order valence-electron chi connectivity index (χ0n) is 13.5. The summed E-state index contributed by atoms with van der Waals surface area (Å²) in [7, 11) is 0. The maximum absolute atomic E-state index is 6.39. The molecule has 1 aromatic carbocycles. The van der Waals surface area contributed by atoms with Gasteiger partial charge in [0, 0.05) is 6.04 Å². The zero-order chi connectivity index (χ0) is 14.7. The molecule has 1 N–H and O–H groups in total. The molecule has 2 nitrogen and oxygen atoms in total. The van der Waals surface area contributed by atoms with Gasteiger partial charge >= 0.3 is 0 Å². The maximum Gasteiger partial charge on any atom is 0.120 e. The Morgan fingerprint density at radius 2 is 1.95 bits per heavy atom. The minimum absolute atomic E-state index is 0.329. The number of rotatable bonds is 4. The molecule has 1 fully saturated rings. The van der Waals surface area contributed by atoms with Crippen LogP contribution in [0.3, 0.4) is 0 Å². The molecule has 0 spiro atoms. The van der Waals surface area contributed by atoms with Crippen LogP contribution in [0.2, 0.25) is 0 Å². The molecule has 3 unspecified atom stereocenters. The first-order valence-corrected chi connectivity index (χ1v) is 8.78. The van der Waals surface area contributed by atoms with Crippen LogP contribution in [0.1, 0.15) is 57.1 Å². The molecule has 2 heteroatoms. The van der Waals surface area contributed by atoms with Gasteiger partial charge in [0.25, 0.3) is 0 Å². The van der Waals surface area contributed by atoms with Crippen LogP contribution in [0.25, 0.3) is 0 Å². The van der Waals surface area contributed by atoms with Gasteiger partial charge < -0.3 is 10.1 Å². The number of benzene rings is 1. The first-order valence-electron chi connectivity index (χ1n) is 8.78. The SMILES string of the molecule is CCNC1CCC(C)CC1Oc1ccc2c(c1)CCCC2. The van der Waals surface area contributed by atoms with Crippen molar-refractivity contribution >= 4 is 0 Å². The molecular formula is C19H29NO. The molecule has 0 heterocycles. The van der Waals surface area contributed by atoms with E-state index in [9.17, 15) is 0 Å². The Morgan fingerprint density at radius 1 is 1.14 bits per heavy atom. The fourth-order valence-electron chi connectivity index (χ4n) is 3.91. The summed E-state index contributed by atoms with van der Waals surface area (Å²) in [5.74, 6) is 1.86. The van der Waals surface area contributed by atoms with E-state index in [-0.39, 0.29) is 0 Å². The summed E-state index contributed by atoms with van der Waals surface area (Å²) < 4.78 is 6.39. The largest absolute Gasteiger partial charge is 0.489 e. The average Bonchev–Trinajstić information content (AvgIpc) is 2.50. The van der Waals surface area contributed by atoms with Crippen LogP contribution in [-0.2, 0) is 12.8 Å². The van der Waals surface area contributed by atoms with Crippen molar-refractivity contribution in [1.29, 1.82) is 0 Å². The number of hydrogen-bond donors (Lipinski definition) is 1. The first-order chi connectivity index (χ1) is 10.3. The van der Waals surface area contributed by atoms with E-state index < -0.39 is 0 Å². The molecule has 0 amide bonds. The lowest BCUT2D eigenvalue weighted by atomic mass is 9.85. The van der Waals surface area contributed by atoms with Crippen LogP contribution in [0.5, 0.6) is 5.75 Å². The number of likely N-dealkylation sites (N-methyl/N-ethyl adjacent to an activating group) is 1. The minimum atomic E-state index is 0.329. The van der Waals surface area contributed by atoms with E-state index in [1.807, 2.05) is 0 Å². The number of fused-ring (bicyclic) bond motifs is 1. The fourth-order valence-corrected chi connectivity index (χ4v) is 3.91. The number of nitrogens with one attached hydrogen (secondary N) is 1. The standard InChI is InChI=1S/C19H29NO/c1-3-20-18-11-8-14(2)12-19(18)21-17-10-9-15-6-4-5-7-16(15)13-17/h9-10,13-14,18-20H,3-8,11-12H2,1-2H3. The van der Waals surface area contributed by atoms with Gasteiger partial charge in [0.1, 0.15) is 11.9 Å².